The van der Waals surface area contributed by atoms with Gasteiger partial charge in [-0.2, -0.15) is 0 Å². The number of rotatable bonds is 5. The molecule has 0 heterocycles. The largest absolute Gasteiger partial charge is 0.444 e. The van der Waals surface area contributed by atoms with E-state index in [0.29, 0.717) is 18.5 Å². The summed E-state index contributed by atoms with van der Waals surface area (Å²) in [6, 6.07) is 7.35. The summed E-state index contributed by atoms with van der Waals surface area (Å²) in [5.74, 6) is 0. The van der Waals surface area contributed by atoms with E-state index in [2.05, 4.69) is 5.32 Å². The first-order valence-corrected chi connectivity index (χ1v) is 6.60. The quantitative estimate of drug-likeness (QED) is 0.661. The van der Waals surface area contributed by atoms with E-state index in [1.54, 1.807) is 6.07 Å². The zero-order valence-electron chi connectivity index (χ0n) is 12.2. The molecule has 1 rings (SSSR count). The van der Waals surface area contributed by atoms with Gasteiger partial charge < -0.3 is 10.1 Å². The van der Waals surface area contributed by atoms with Crippen molar-refractivity contribution in [1.29, 1.82) is 0 Å². The van der Waals surface area contributed by atoms with Gasteiger partial charge in [0.25, 0.3) is 0 Å². The predicted octanol–water partition coefficient (Wildman–Crippen LogP) is 3.43. The number of carbonyl (C=O) groups excluding carboxylic acids is 2. The van der Waals surface area contributed by atoms with Crippen LogP contribution in [0.25, 0.3) is 6.08 Å². The predicted molar refractivity (Wildman–Crippen MR) is 79.7 cm³/mol. The molecule has 0 aromatic heterocycles. The Morgan fingerprint density at radius 2 is 1.90 bits per heavy atom. The number of aldehydes is 1. The van der Waals surface area contributed by atoms with Crippen molar-refractivity contribution in [3.63, 3.8) is 0 Å². The second-order valence-electron chi connectivity index (χ2n) is 5.37. The average molecular weight is 275 g/mol. The lowest BCUT2D eigenvalue weighted by Gasteiger charge is -2.19. The number of hydrogen-bond acceptors (Lipinski definition) is 3. The first-order chi connectivity index (χ1) is 9.42. The fraction of sp³-hybridized carbons (Fsp3) is 0.375. The lowest BCUT2D eigenvalue weighted by Crippen LogP contribution is -2.32. The molecule has 108 valence electrons. The Kier molecular flexibility index (Phi) is 5.97. The Labute approximate surface area is 119 Å². The van der Waals surface area contributed by atoms with Crippen molar-refractivity contribution in [2.24, 2.45) is 0 Å². The van der Waals surface area contributed by atoms with Crippen molar-refractivity contribution in [1.82, 2.24) is 5.32 Å². The van der Waals surface area contributed by atoms with Crippen molar-refractivity contribution in [2.75, 3.05) is 6.54 Å². The second-order valence-corrected chi connectivity index (χ2v) is 5.37. The van der Waals surface area contributed by atoms with Crippen LogP contribution in [-0.4, -0.2) is 24.5 Å². The lowest BCUT2D eigenvalue weighted by atomic mass is 10.1. The first-order valence-electron chi connectivity index (χ1n) is 6.60. The fourth-order valence-corrected chi connectivity index (χ4v) is 1.55. The van der Waals surface area contributed by atoms with E-state index in [9.17, 15) is 9.59 Å². The van der Waals surface area contributed by atoms with E-state index in [0.717, 1.165) is 11.8 Å². The van der Waals surface area contributed by atoms with Crippen LogP contribution < -0.4 is 5.32 Å². The first kappa shape index (κ1) is 16.0. The molecule has 0 radical (unpaired) electrons. The third-order valence-electron chi connectivity index (χ3n) is 2.40. The molecule has 0 unspecified atom stereocenters. The summed E-state index contributed by atoms with van der Waals surface area (Å²) in [5, 5.41) is 2.67. The summed E-state index contributed by atoms with van der Waals surface area (Å²) in [6.45, 7) is 5.96. The Bertz CT molecular complexity index is 487. The standard InChI is InChI=1S/C16H21NO3/c1-16(2,3)20-15(19)17-11-7-6-9-13-8-4-5-10-14(13)12-18/h4-6,8-10,12H,7,11H2,1-3H3,(H,17,19). The van der Waals surface area contributed by atoms with E-state index in [-0.39, 0.29) is 0 Å². The number of nitrogens with one attached hydrogen (secondary N) is 1. The lowest BCUT2D eigenvalue weighted by molar-refractivity contribution is 0.0528. The molecule has 0 saturated heterocycles. The average Bonchev–Trinajstić information content (AvgIpc) is 2.36. The highest BCUT2D eigenvalue weighted by molar-refractivity contribution is 5.81. The summed E-state index contributed by atoms with van der Waals surface area (Å²) in [4.78, 5) is 22.2. The van der Waals surface area contributed by atoms with Gasteiger partial charge in [-0.05, 0) is 32.8 Å². The van der Waals surface area contributed by atoms with E-state index in [1.165, 1.54) is 0 Å². The molecule has 0 aliphatic rings. The number of alkyl carbamates (subject to hydrolysis) is 1. The third kappa shape index (κ3) is 6.18. The third-order valence-corrected chi connectivity index (χ3v) is 2.40. The number of ether oxygens (including phenoxy) is 1. The normalized spacial score (nSPS) is 11.3. The highest BCUT2D eigenvalue weighted by Gasteiger charge is 2.15. The molecule has 1 aromatic rings. The Morgan fingerprint density at radius 3 is 2.50 bits per heavy atom. The SMILES string of the molecule is CC(C)(C)OC(=O)NCCC=Cc1ccccc1C=O. The van der Waals surface area contributed by atoms with Gasteiger partial charge >= 0.3 is 6.09 Å². The molecule has 0 bridgehead atoms. The molecule has 4 nitrogen and oxygen atoms in total. The molecule has 1 N–H and O–H groups in total. The molecular formula is C16H21NO3. The van der Waals surface area contributed by atoms with Gasteiger partial charge in [0.05, 0.1) is 0 Å². The maximum atomic E-state index is 11.4. The van der Waals surface area contributed by atoms with Gasteiger partial charge in [0, 0.05) is 12.1 Å². The molecule has 0 saturated carbocycles. The summed E-state index contributed by atoms with van der Waals surface area (Å²) < 4.78 is 5.12. The second kappa shape index (κ2) is 7.48. The topological polar surface area (TPSA) is 55.4 Å². The molecule has 0 fully saturated rings. The van der Waals surface area contributed by atoms with Gasteiger partial charge in [-0.25, -0.2) is 4.79 Å². The van der Waals surface area contributed by atoms with Crippen LogP contribution in [0, 0.1) is 0 Å². The van der Waals surface area contributed by atoms with E-state index in [1.807, 2.05) is 51.1 Å². The van der Waals surface area contributed by atoms with E-state index < -0.39 is 11.7 Å². The van der Waals surface area contributed by atoms with Crippen molar-refractivity contribution in [2.45, 2.75) is 32.8 Å². The van der Waals surface area contributed by atoms with Crippen LogP contribution in [0.15, 0.2) is 30.3 Å². The number of amides is 1. The van der Waals surface area contributed by atoms with Gasteiger partial charge in [-0.1, -0.05) is 36.4 Å². The van der Waals surface area contributed by atoms with Crippen LogP contribution >= 0.6 is 0 Å². The fourth-order valence-electron chi connectivity index (χ4n) is 1.55. The van der Waals surface area contributed by atoms with E-state index in [4.69, 9.17) is 4.74 Å². The van der Waals surface area contributed by atoms with Crippen LogP contribution in [0.5, 0.6) is 0 Å². The molecule has 0 aliphatic heterocycles. The molecule has 0 atom stereocenters. The minimum Gasteiger partial charge on any atom is -0.444 e. The molecule has 4 heteroatoms. The Morgan fingerprint density at radius 1 is 1.25 bits per heavy atom. The van der Waals surface area contributed by atoms with Crippen LogP contribution in [0.4, 0.5) is 4.79 Å². The number of carbonyl (C=O) groups is 2. The van der Waals surface area contributed by atoms with Crippen molar-refractivity contribution in [3.8, 4) is 0 Å². The minimum atomic E-state index is -0.483. The van der Waals surface area contributed by atoms with Crippen molar-refractivity contribution >= 4 is 18.5 Å². The molecule has 0 aliphatic carbocycles. The van der Waals surface area contributed by atoms with Gasteiger partial charge in [-0.3, -0.25) is 4.79 Å². The summed E-state index contributed by atoms with van der Waals surface area (Å²) >= 11 is 0. The van der Waals surface area contributed by atoms with E-state index >= 15 is 0 Å². The number of benzene rings is 1. The molecule has 0 spiro atoms. The van der Waals surface area contributed by atoms with Crippen LogP contribution in [-0.2, 0) is 4.74 Å². The zero-order chi connectivity index (χ0) is 15.0. The summed E-state index contributed by atoms with van der Waals surface area (Å²) in [7, 11) is 0. The minimum absolute atomic E-state index is 0.417. The Hall–Kier alpha value is -2.10. The monoisotopic (exact) mass is 275 g/mol. The van der Waals surface area contributed by atoms with Gasteiger partial charge in [0.2, 0.25) is 0 Å². The Balaban J connectivity index is 2.36. The van der Waals surface area contributed by atoms with Crippen molar-refractivity contribution in [3.05, 3.63) is 41.5 Å². The van der Waals surface area contributed by atoms with Gasteiger partial charge in [-0.15, -0.1) is 0 Å². The maximum Gasteiger partial charge on any atom is 0.407 e. The molecular weight excluding hydrogens is 254 g/mol. The van der Waals surface area contributed by atoms with Crippen molar-refractivity contribution < 1.29 is 14.3 Å². The van der Waals surface area contributed by atoms with Gasteiger partial charge in [0.15, 0.2) is 6.29 Å². The number of hydrogen-bond donors (Lipinski definition) is 1. The van der Waals surface area contributed by atoms with Crippen LogP contribution in [0.2, 0.25) is 0 Å². The highest BCUT2D eigenvalue weighted by atomic mass is 16.6. The molecule has 20 heavy (non-hydrogen) atoms. The maximum absolute atomic E-state index is 11.4. The summed E-state index contributed by atoms with van der Waals surface area (Å²) in [5.41, 5.74) is 1.05. The van der Waals surface area contributed by atoms with Crippen LogP contribution in [0.1, 0.15) is 43.1 Å². The molecule has 1 amide bonds. The van der Waals surface area contributed by atoms with Crippen LogP contribution in [0.3, 0.4) is 0 Å². The zero-order valence-corrected chi connectivity index (χ0v) is 12.2. The highest BCUT2D eigenvalue weighted by Crippen LogP contribution is 2.09. The smallest absolute Gasteiger partial charge is 0.407 e. The molecule has 1 aromatic carbocycles. The summed E-state index contributed by atoms with van der Waals surface area (Å²) in [6.07, 6.45) is 4.88. The van der Waals surface area contributed by atoms with Gasteiger partial charge in [0.1, 0.15) is 5.60 Å².